The Bertz CT molecular complexity index is 552. The molecular formula is C15H23N3O3. The summed E-state index contributed by atoms with van der Waals surface area (Å²) in [5.41, 5.74) is 1.97. The van der Waals surface area contributed by atoms with Gasteiger partial charge in [-0.1, -0.05) is 6.92 Å². The van der Waals surface area contributed by atoms with Gasteiger partial charge in [0.1, 0.15) is 0 Å². The van der Waals surface area contributed by atoms with Gasteiger partial charge in [-0.3, -0.25) is 14.3 Å². The van der Waals surface area contributed by atoms with Crippen molar-refractivity contribution in [2.75, 3.05) is 13.1 Å². The Morgan fingerprint density at radius 3 is 2.57 bits per heavy atom. The van der Waals surface area contributed by atoms with Crippen LogP contribution in [0.4, 0.5) is 0 Å². The van der Waals surface area contributed by atoms with Crippen molar-refractivity contribution in [2.24, 2.45) is 11.8 Å². The van der Waals surface area contributed by atoms with E-state index in [1.807, 2.05) is 38.4 Å². The Morgan fingerprint density at radius 2 is 2.10 bits per heavy atom. The molecular weight excluding hydrogens is 270 g/mol. The third-order valence-electron chi connectivity index (χ3n) is 4.21. The van der Waals surface area contributed by atoms with Crippen molar-refractivity contribution >= 4 is 11.9 Å². The number of rotatable bonds is 4. The lowest BCUT2D eigenvalue weighted by Crippen LogP contribution is -2.31. The lowest BCUT2D eigenvalue weighted by atomic mass is 9.99. The van der Waals surface area contributed by atoms with Crippen LogP contribution in [0.3, 0.4) is 0 Å². The minimum absolute atomic E-state index is 0.00523. The highest BCUT2D eigenvalue weighted by atomic mass is 16.4. The zero-order valence-electron chi connectivity index (χ0n) is 13.0. The van der Waals surface area contributed by atoms with Crippen LogP contribution in [0, 0.1) is 25.7 Å². The van der Waals surface area contributed by atoms with Crippen LogP contribution in [0.2, 0.25) is 0 Å². The molecule has 0 saturated carbocycles. The number of carboxylic acids is 1. The second-order valence-corrected chi connectivity index (χ2v) is 6.15. The number of hydrogen-bond donors (Lipinski definition) is 1. The molecule has 1 aliphatic rings. The van der Waals surface area contributed by atoms with Crippen molar-refractivity contribution in [1.29, 1.82) is 0 Å². The molecule has 1 aromatic rings. The number of carbonyl (C=O) groups is 2. The summed E-state index contributed by atoms with van der Waals surface area (Å²) in [5, 5.41) is 13.5. The number of carbonyl (C=O) groups excluding carboxylic acids is 1. The Kier molecular flexibility index (Phi) is 4.34. The van der Waals surface area contributed by atoms with Gasteiger partial charge in [0.2, 0.25) is 5.91 Å². The summed E-state index contributed by atoms with van der Waals surface area (Å²) in [7, 11) is 0. The molecule has 1 aromatic heterocycles. The van der Waals surface area contributed by atoms with Gasteiger partial charge < -0.3 is 10.0 Å². The number of nitrogens with zero attached hydrogens (tertiary/aromatic N) is 3. The normalized spacial score (nSPS) is 23.3. The fourth-order valence-corrected chi connectivity index (χ4v) is 3.05. The molecule has 2 heterocycles. The van der Waals surface area contributed by atoms with Gasteiger partial charge in [-0.05, 0) is 32.8 Å². The number of likely N-dealkylation sites (tertiary alicyclic amines) is 1. The zero-order valence-corrected chi connectivity index (χ0v) is 13.0. The molecule has 0 radical (unpaired) electrons. The standard InChI is InChI=1S/C15H23N3O3/c1-9-7-17(8-13(9)15(20)21)14(19)6-12(4)18-11(3)5-10(2)16-18/h5,9,12-13H,6-8H2,1-4H3,(H,20,21)/t9-,12?,13-/m1/s1. The van der Waals surface area contributed by atoms with Crippen molar-refractivity contribution < 1.29 is 14.7 Å². The van der Waals surface area contributed by atoms with E-state index in [1.165, 1.54) is 0 Å². The summed E-state index contributed by atoms with van der Waals surface area (Å²) in [4.78, 5) is 25.1. The molecule has 1 saturated heterocycles. The van der Waals surface area contributed by atoms with E-state index in [-0.39, 0.29) is 17.9 Å². The molecule has 1 fully saturated rings. The summed E-state index contributed by atoms with van der Waals surface area (Å²) in [6.07, 6.45) is 0.348. The van der Waals surface area contributed by atoms with Crippen LogP contribution < -0.4 is 0 Å². The molecule has 1 N–H and O–H groups in total. The van der Waals surface area contributed by atoms with Gasteiger partial charge in [0, 0.05) is 25.2 Å². The first-order valence-electron chi connectivity index (χ1n) is 7.33. The third-order valence-corrected chi connectivity index (χ3v) is 4.21. The van der Waals surface area contributed by atoms with Gasteiger partial charge in [0.05, 0.1) is 17.7 Å². The van der Waals surface area contributed by atoms with Gasteiger partial charge in [-0.25, -0.2) is 0 Å². The third kappa shape index (κ3) is 3.25. The number of carboxylic acid groups (broad SMARTS) is 1. The number of amides is 1. The molecule has 0 aliphatic carbocycles. The fourth-order valence-electron chi connectivity index (χ4n) is 3.05. The molecule has 1 aliphatic heterocycles. The summed E-state index contributed by atoms with van der Waals surface area (Å²) < 4.78 is 1.86. The van der Waals surface area contributed by atoms with Gasteiger partial charge >= 0.3 is 5.97 Å². The molecule has 3 atom stereocenters. The van der Waals surface area contributed by atoms with Gasteiger partial charge in [-0.15, -0.1) is 0 Å². The average Bonchev–Trinajstić information content (AvgIpc) is 2.92. The number of aliphatic carboxylic acids is 1. The molecule has 116 valence electrons. The molecule has 6 heteroatoms. The van der Waals surface area contributed by atoms with Crippen LogP contribution >= 0.6 is 0 Å². The maximum atomic E-state index is 12.4. The SMILES string of the molecule is Cc1cc(C)n(C(C)CC(=O)N2C[C@@H](C)[C@H](C(=O)O)C2)n1. The largest absolute Gasteiger partial charge is 0.481 e. The Hall–Kier alpha value is -1.85. The van der Waals surface area contributed by atoms with E-state index >= 15 is 0 Å². The predicted octanol–water partition coefficient (Wildman–Crippen LogP) is 1.63. The molecule has 21 heavy (non-hydrogen) atoms. The van der Waals surface area contributed by atoms with Crippen molar-refractivity contribution in [2.45, 2.75) is 40.2 Å². The second-order valence-electron chi connectivity index (χ2n) is 6.15. The molecule has 0 bridgehead atoms. The maximum Gasteiger partial charge on any atom is 0.308 e. The van der Waals surface area contributed by atoms with E-state index < -0.39 is 11.9 Å². The van der Waals surface area contributed by atoms with Crippen LogP contribution in [-0.4, -0.2) is 44.8 Å². The second kappa shape index (κ2) is 5.87. The topological polar surface area (TPSA) is 75.4 Å². The monoisotopic (exact) mass is 293 g/mol. The van der Waals surface area contributed by atoms with Crippen molar-refractivity contribution in [1.82, 2.24) is 14.7 Å². The summed E-state index contributed by atoms with van der Waals surface area (Å²) in [5.74, 6) is -1.25. The highest BCUT2D eigenvalue weighted by molar-refractivity contribution is 5.79. The molecule has 1 unspecified atom stereocenters. The predicted molar refractivity (Wildman–Crippen MR) is 77.9 cm³/mol. The molecule has 0 aromatic carbocycles. The average molecular weight is 293 g/mol. The Balaban J connectivity index is 1.99. The summed E-state index contributed by atoms with van der Waals surface area (Å²) in [6.45, 7) is 8.60. The van der Waals surface area contributed by atoms with Crippen molar-refractivity contribution in [3.63, 3.8) is 0 Å². The van der Waals surface area contributed by atoms with E-state index in [1.54, 1.807) is 4.90 Å². The minimum Gasteiger partial charge on any atom is -0.481 e. The van der Waals surface area contributed by atoms with Crippen LogP contribution in [0.25, 0.3) is 0 Å². The van der Waals surface area contributed by atoms with Crippen molar-refractivity contribution in [3.8, 4) is 0 Å². The molecule has 0 spiro atoms. The Labute approximate surface area is 124 Å². The molecule has 1 amide bonds. The smallest absolute Gasteiger partial charge is 0.308 e. The lowest BCUT2D eigenvalue weighted by molar-refractivity contribution is -0.142. The highest BCUT2D eigenvalue weighted by Crippen LogP contribution is 2.25. The van der Waals surface area contributed by atoms with Crippen molar-refractivity contribution in [3.05, 3.63) is 17.5 Å². The number of aromatic nitrogens is 2. The van der Waals surface area contributed by atoms with E-state index in [0.717, 1.165) is 11.4 Å². The minimum atomic E-state index is -0.815. The van der Waals surface area contributed by atoms with E-state index in [9.17, 15) is 9.59 Å². The quantitative estimate of drug-likeness (QED) is 0.915. The first-order valence-corrected chi connectivity index (χ1v) is 7.33. The highest BCUT2D eigenvalue weighted by Gasteiger charge is 2.37. The van der Waals surface area contributed by atoms with E-state index in [2.05, 4.69) is 5.10 Å². The summed E-state index contributed by atoms with van der Waals surface area (Å²) in [6, 6.07) is 1.96. The molecule has 6 nitrogen and oxygen atoms in total. The van der Waals surface area contributed by atoms with Crippen LogP contribution in [-0.2, 0) is 9.59 Å². The van der Waals surface area contributed by atoms with Crippen LogP contribution in [0.5, 0.6) is 0 Å². The fraction of sp³-hybridized carbons (Fsp3) is 0.667. The van der Waals surface area contributed by atoms with Gasteiger partial charge in [-0.2, -0.15) is 5.10 Å². The van der Waals surface area contributed by atoms with Crippen LogP contribution in [0.1, 0.15) is 37.7 Å². The van der Waals surface area contributed by atoms with E-state index in [0.29, 0.717) is 19.5 Å². The van der Waals surface area contributed by atoms with Gasteiger partial charge in [0.25, 0.3) is 0 Å². The number of aryl methyl sites for hydroxylation is 2. The first kappa shape index (κ1) is 15.5. The number of hydrogen-bond acceptors (Lipinski definition) is 3. The summed E-state index contributed by atoms with van der Waals surface area (Å²) >= 11 is 0. The van der Waals surface area contributed by atoms with Gasteiger partial charge in [0.15, 0.2) is 0 Å². The van der Waals surface area contributed by atoms with Crippen LogP contribution in [0.15, 0.2) is 6.07 Å². The molecule has 2 rings (SSSR count). The van der Waals surface area contributed by atoms with E-state index in [4.69, 9.17) is 5.11 Å². The maximum absolute atomic E-state index is 12.4. The zero-order chi connectivity index (χ0) is 15.7. The lowest BCUT2D eigenvalue weighted by Gasteiger charge is -2.20. The Morgan fingerprint density at radius 1 is 1.43 bits per heavy atom. The first-order chi connectivity index (χ1) is 9.79.